The first-order valence-electron chi connectivity index (χ1n) is 9.29. The summed E-state index contributed by atoms with van der Waals surface area (Å²) >= 11 is 0. The Morgan fingerprint density at radius 2 is 1.81 bits per heavy atom. The highest BCUT2D eigenvalue weighted by Crippen LogP contribution is 2.33. The summed E-state index contributed by atoms with van der Waals surface area (Å²) in [5.41, 5.74) is 0.463. The van der Waals surface area contributed by atoms with E-state index in [-0.39, 0.29) is 0 Å². The Hall–Kier alpha value is -0.120. The standard InChI is InChI=1S/C18H36N2O/c1-3-5-17-6-11-20(12-7-17)16-18(15-19-10-4-2)8-13-21-14-9-18/h17,19H,3-16H2,1-2H3. The Balaban J connectivity index is 1.81. The van der Waals surface area contributed by atoms with Crippen LogP contribution in [0.5, 0.6) is 0 Å². The second-order valence-corrected chi connectivity index (χ2v) is 7.30. The molecule has 2 saturated heterocycles. The summed E-state index contributed by atoms with van der Waals surface area (Å²) in [4.78, 5) is 2.74. The molecule has 0 spiro atoms. The van der Waals surface area contributed by atoms with E-state index < -0.39 is 0 Å². The van der Waals surface area contributed by atoms with Gasteiger partial charge in [0.05, 0.1) is 0 Å². The van der Waals surface area contributed by atoms with Crippen LogP contribution in [-0.4, -0.2) is 50.8 Å². The predicted molar refractivity (Wildman–Crippen MR) is 89.7 cm³/mol. The van der Waals surface area contributed by atoms with Crippen molar-refractivity contribution >= 4 is 0 Å². The van der Waals surface area contributed by atoms with E-state index in [0.29, 0.717) is 5.41 Å². The summed E-state index contributed by atoms with van der Waals surface area (Å²) in [7, 11) is 0. The molecule has 0 atom stereocenters. The molecule has 3 heteroatoms. The third-order valence-corrected chi connectivity index (χ3v) is 5.44. The highest BCUT2D eigenvalue weighted by Gasteiger charge is 2.35. The Morgan fingerprint density at radius 3 is 2.43 bits per heavy atom. The van der Waals surface area contributed by atoms with Crippen LogP contribution in [0.15, 0.2) is 0 Å². The highest BCUT2D eigenvalue weighted by atomic mass is 16.5. The third-order valence-electron chi connectivity index (χ3n) is 5.44. The van der Waals surface area contributed by atoms with E-state index >= 15 is 0 Å². The Bertz CT molecular complexity index is 268. The lowest BCUT2D eigenvalue weighted by Gasteiger charge is -2.43. The van der Waals surface area contributed by atoms with Gasteiger partial charge in [0.25, 0.3) is 0 Å². The van der Waals surface area contributed by atoms with Crippen LogP contribution in [-0.2, 0) is 4.74 Å². The molecule has 0 aromatic heterocycles. The Kier molecular flexibility index (Phi) is 7.48. The molecule has 0 radical (unpaired) electrons. The van der Waals surface area contributed by atoms with Gasteiger partial charge in [-0.2, -0.15) is 0 Å². The molecule has 2 aliphatic heterocycles. The summed E-state index contributed by atoms with van der Waals surface area (Å²) in [6, 6.07) is 0. The molecule has 124 valence electrons. The molecule has 2 fully saturated rings. The van der Waals surface area contributed by atoms with E-state index in [2.05, 4.69) is 24.1 Å². The van der Waals surface area contributed by atoms with Crippen LogP contribution in [0, 0.1) is 11.3 Å². The molecular weight excluding hydrogens is 260 g/mol. The monoisotopic (exact) mass is 296 g/mol. The largest absolute Gasteiger partial charge is 0.381 e. The van der Waals surface area contributed by atoms with Gasteiger partial charge in [-0.25, -0.2) is 0 Å². The smallest absolute Gasteiger partial charge is 0.0472 e. The number of rotatable bonds is 8. The van der Waals surface area contributed by atoms with Crippen LogP contribution in [0.25, 0.3) is 0 Å². The van der Waals surface area contributed by atoms with Gasteiger partial charge in [-0.05, 0) is 63.1 Å². The molecule has 0 aromatic carbocycles. The number of likely N-dealkylation sites (tertiary alicyclic amines) is 1. The van der Waals surface area contributed by atoms with Gasteiger partial charge in [0.1, 0.15) is 0 Å². The first-order chi connectivity index (χ1) is 10.3. The average molecular weight is 296 g/mol. The molecule has 21 heavy (non-hydrogen) atoms. The molecule has 0 aromatic rings. The first-order valence-corrected chi connectivity index (χ1v) is 9.29. The highest BCUT2D eigenvalue weighted by molar-refractivity contribution is 4.88. The zero-order valence-corrected chi connectivity index (χ0v) is 14.3. The van der Waals surface area contributed by atoms with Crippen LogP contribution in [0.2, 0.25) is 0 Å². The van der Waals surface area contributed by atoms with Crippen LogP contribution in [0.3, 0.4) is 0 Å². The minimum Gasteiger partial charge on any atom is -0.381 e. The van der Waals surface area contributed by atoms with Gasteiger partial charge in [0, 0.05) is 26.3 Å². The molecule has 3 nitrogen and oxygen atoms in total. The van der Waals surface area contributed by atoms with Crippen molar-refractivity contribution in [2.24, 2.45) is 11.3 Å². The zero-order chi connectivity index (χ0) is 15.0. The first kappa shape index (κ1) is 17.2. The number of hydrogen-bond donors (Lipinski definition) is 1. The minimum atomic E-state index is 0.463. The zero-order valence-electron chi connectivity index (χ0n) is 14.3. The number of nitrogens with one attached hydrogen (secondary N) is 1. The normalized spacial score (nSPS) is 24.3. The maximum atomic E-state index is 5.62. The quantitative estimate of drug-likeness (QED) is 0.696. The molecule has 0 amide bonds. The summed E-state index contributed by atoms with van der Waals surface area (Å²) in [6.45, 7) is 12.7. The van der Waals surface area contributed by atoms with Crippen molar-refractivity contribution in [3.05, 3.63) is 0 Å². The molecule has 1 N–H and O–H groups in total. The van der Waals surface area contributed by atoms with E-state index in [1.54, 1.807) is 0 Å². The molecule has 2 rings (SSSR count). The molecule has 0 saturated carbocycles. The van der Waals surface area contributed by atoms with Gasteiger partial charge in [-0.3, -0.25) is 0 Å². The van der Waals surface area contributed by atoms with Crippen LogP contribution < -0.4 is 5.32 Å². The number of hydrogen-bond acceptors (Lipinski definition) is 3. The van der Waals surface area contributed by atoms with Crippen LogP contribution >= 0.6 is 0 Å². The van der Waals surface area contributed by atoms with Gasteiger partial charge >= 0.3 is 0 Å². The average Bonchev–Trinajstić information content (AvgIpc) is 2.51. The second kappa shape index (κ2) is 9.12. The summed E-state index contributed by atoms with van der Waals surface area (Å²) in [5.74, 6) is 0.995. The van der Waals surface area contributed by atoms with Gasteiger partial charge in [0.15, 0.2) is 0 Å². The minimum absolute atomic E-state index is 0.463. The van der Waals surface area contributed by atoms with Crippen molar-refractivity contribution < 1.29 is 4.74 Å². The molecule has 0 aliphatic carbocycles. The van der Waals surface area contributed by atoms with Crippen molar-refractivity contribution in [2.45, 2.75) is 58.8 Å². The van der Waals surface area contributed by atoms with Crippen LogP contribution in [0.4, 0.5) is 0 Å². The summed E-state index contributed by atoms with van der Waals surface area (Å²) < 4.78 is 5.62. The fourth-order valence-corrected chi connectivity index (χ4v) is 4.04. The van der Waals surface area contributed by atoms with Crippen molar-refractivity contribution in [1.29, 1.82) is 0 Å². The molecule has 0 unspecified atom stereocenters. The van der Waals surface area contributed by atoms with Gasteiger partial charge in [-0.1, -0.05) is 26.7 Å². The third kappa shape index (κ3) is 5.54. The van der Waals surface area contributed by atoms with E-state index in [9.17, 15) is 0 Å². The fourth-order valence-electron chi connectivity index (χ4n) is 4.04. The lowest BCUT2D eigenvalue weighted by molar-refractivity contribution is -0.00974. The van der Waals surface area contributed by atoms with Gasteiger partial charge < -0.3 is 15.0 Å². The lowest BCUT2D eigenvalue weighted by Crippen LogP contribution is -2.49. The molecular formula is C18H36N2O. The van der Waals surface area contributed by atoms with Crippen molar-refractivity contribution in [3.63, 3.8) is 0 Å². The summed E-state index contributed by atoms with van der Waals surface area (Å²) in [6.07, 6.45) is 9.33. The predicted octanol–water partition coefficient (Wildman–Crippen LogP) is 3.29. The van der Waals surface area contributed by atoms with E-state index in [4.69, 9.17) is 4.74 Å². The van der Waals surface area contributed by atoms with Crippen molar-refractivity contribution in [1.82, 2.24) is 10.2 Å². The van der Waals surface area contributed by atoms with Crippen molar-refractivity contribution in [3.8, 4) is 0 Å². The van der Waals surface area contributed by atoms with Crippen LogP contribution in [0.1, 0.15) is 58.8 Å². The van der Waals surface area contributed by atoms with E-state index in [1.165, 1.54) is 71.1 Å². The fraction of sp³-hybridized carbons (Fsp3) is 1.00. The molecule has 0 bridgehead atoms. The van der Waals surface area contributed by atoms with E-state index in [0.717, 1.165) is 25.7 Å². The maximum Gasteiger partial charge on any atom is 0.0472 e. The number of nitrogens with zero attached hydrogens (tertiary/aromatic N) is 1. The maximum absolute atomic E-state index is 5.62. The number of piperidine rings is 1. The van der Waals surface area contributed by atoms with E-state index in [1.807, 2.05) is 0 Å². The topological polar surface area (TPSA) is 24.5 Å². The second-order valence-electron chi connectivity index (χ2n) is 7.30. The number of ether oxygens (including phenoxy) is 1. The summed E-state index contributed by atoms with van der Waals surface area (Å²) in [5, 5.41) is 3.68. The Labute approximate surface area is 131 Å². The van der Waals surface area contributed by atoms with Gasteiger partial charge in [-0.15, -0.1) is 0 Å². The van der Waals surface area contributed by atoms with Crippen molar-refractivity contribution in [2.75, 3.05) is 45.9 Å². The Morgan fingerprint density at radius 1 is 1.10 bits per heavy atom. The molecule has 2 heterocycles. The molecule has 2 aliphatic rings. The SMILES string of the molecule is CCCNCC1(CN2CCC(CCC)CC2)CCOCC1. The van der Waals surface area contributed by atoms with Gasteiger partial charge in [0.2, 0.25) is 0 Å². The lowest BCUT2D eigenvalue weighted by atomic mass is 9.78.